The third kappa shape index (κ3) is 3.13. The molecule has 0 aromatic carbocycles. The number of carboxylic acids is 1. The molecule has 0 aliphatic rings. The molecule has 1 aromatic heterocycles. The second kappa shape index (κ2) is 6.15. The quantitative estimate of drug-likeness (QED) is 0.782. The lowest BCUT2D eigenvalue weighted by Crippen LogP contribution is -2.27. The number of aliphatic hydroxyl groups excluding tert-OH is 1. The molecule has 0 aliphatic carbocycles. The van der Waals surface area contributed by atoms with Crippen LogP contribution in [-0.4, -0.2) is 40.9 Å². The van der Waals surface area contributed by atoms with Gasteiger partial charge in [0.2, 0.25) is 0 Å². The third-order valence-corrected chi connectivity index (χ3v) is 2.37. The molecule has 0 amide bonds. The van der Waals surface area contributed by atoms with Crippen molar-refractivity contribution < 1.29 is 19.4 Å². The fourth-order valence-corrected chi connectivity index (χ4v) is 1.49. The Bertz CT molecular complexity index is 398. The maximum Gasteiger partial charge on any atom is 0.338 e. The maximum atomic E-state index is 13.8. The molecule has 0 saturated carbocycles. The van der Waals surface area contributed by atoms with Crippen molar-refractivity contribution in [2.24, 2.45) is 0 Å². The number of hydrogen-bond acceptors (Lipinski definition) is 4. The summed E-state index contributed by atoms with van der Waals surface area (Å²) in [4.78, 5) is 16.2. The van der Waals surface area contributed by atoms with Crippen molar-refractivity contribution in [3.63, 3.8) is 0 Å². The molecule has 6 heteroatoms. The van der Waals surface area contributed by atoms with Gasteiger partial charge in [-0.15, -0.1) is 0 Å². The van der Waals surface area contributed by atoms with Gasteiger partial charge in [-0.05, 0) is 19.4 Å². The van der Waals surface area contributed by atoms with Gasteiger partial charge >= 0.3 is 5.97 Å². The van der Waals surface area contributed by atoms with E-state index in [0.29, 0.717) is 19.5 Å². The predicted octanol–water partition coefficient (Wildman–Crippen LogP) is 1.13. The number of halogens is 1. The van der Waals surface area contributed by atoms with Gasteiger partial charge in [0.15, 0.2) is 11.6 Å². The summed E-state index contributed by atoms with van der Waals surface area (Å²) in [5, 5.41) is 17.5. The van der Waals surface area contributed by atoms with Crippen molar-refractivity contribution in [1.82, 2.24) is 4.98 Å². The van der Waals surface area contributed by atoms with Crippen LogP contribution in [0, 0.1) is 5.82 Å². The lowest BCUT2D eigenvalue weighted by Gasteiger charge is -2.22. The van der Waals surface area contributed by atoms with E-state index < -0.39 is 17.3 Å². The number of rotatable bonds is 6. The zero-order chi connectivity index (χ0) is 12.8. The van der Waals surface area contributed by atoms with Crippen LogP contribution in [-0.2, 0) is 0 Å². The molecule has 1 rings (SSSR count). The van der Waals surface area contributed by atoms with E-state index in [-0.39, 0.29) is 12.4 Å². The molecule has 1 aromatic rings. The molecule has 0 atom stereocenters. The van der Waals surface area contributed by atoms with Crippen molar-refractivity contribution in [1.29, 1.82) is 0 Å². The molecular formula is C11H15FN2O3. The van der Waals surface area contributed by atoms with Crippen LogP contribution in [0.25, 0.3) is 0 Å². The smallest absolute Gasteiger partial charge is 0.338 e. The number of carboxylic acid groups (broad SMARTS) is 1. The Balaban J connectivity index is 3.03. The fraction of sp³-hybridized carbons (Fsp3) is 0.455. The number of nitrogens with zero attached hydrogens (tertiary/aromatic N) is 2. The topological polar surface area (TPSA) is 73.7 Å². The monoisotopic (exact) mass is 242 g/mol. The van der Waals surface area contributed by atoms with Gasteiger partial charge in [0.1, 0.15) is 5.56 Å². The first-order valence-corrected chi connectivity index (χ1v) is 5.35. The molecule has 0 aliphatic heterocycles. The Hall–Kier alpha value is -1.69. The molecule has 0 unspecified atom stereocenters. The second-order valence-corrected chi connectivity index (χ2v) is 3.46. The summed E-state index contributed by atoms with van der Waals surface area (Å²) >= 11 is 0. The minimum atomic E-state index is -1.32. The minimum absolute atomic E-state index is 0.00323. The highest BCUT2D eigenvalue weighted by Gasteiger charge is 2.18. The van der Waals surface area contributed by atoms with Crippen LogP contribution in [0.1, 0.15) is 23.7 Å². The summed E-state index contributed by atoms with van der Waals surface area (Å²) in [6.45, 7) is 2.73. The lowest BCUT2D eigenvalue weighted by molar-refractivity contribution is 0.0691. The summed E-state index contributed by atoms with van der Waals surface area (Å²) in [7, 11) is 0. The summed E-state index contributed by atoms with van der Waals surface area (Å²) in [5.41, 5.74) is -0.391. The van der Waals surface area contributed by atoms with Crippen LogP contribution in [0.3, 0.4) is 0 Å². The zero-order valence-electron chi connectivity index (χ0n) is 9.56. The first-order chi connectivity index (χ1) is 8.11. The standard InChI is InChI=1S/C11H15FN2O3/c1-2-14(6-3-7-15)10-9(12)8(11(16)17)4-5-13-10/h4-5,15H,2-3,6-7H2,1H3,(H,16,17). The number of aliphatic hydroxyl groups is 1. The van der Waals surface area contributed by atoms with Crippen LogP contribution in [0.4, 0.5) is 10.2 Å². The molecule has 0 bridgehead atoms. The van der Waals surface area contributed by atoms with E-state index in [1.165, 1.54) is 6.20 Å². The van der Waals surface area contributed by atoms with E-state index in [1.54, 1.807) is 4.90 Å². The Kier molecular flexibility index (Phi) is 4.84. The van der Waals surface area contributed by atoms with Crippen molar-refractivity contribution in [2.45, 2.75) is 13.3 Å². The number of aromatic carboxylic acids is 1. The average molecular weight is 242 g/mol. The highest BCUT2D eigenvalue weighted by molar-refractivity contribution is 5.88. The molecule has 17 heavy (non-hydrogen) atoms. The lowest BCUT2D eigenvalue weighted by atomic mass is 10.2. The molecule has 0 spiro atoms. The normalized spacial score (nSPS) is 10.3. The largest absolute Gasteiger partial charge is 0.478 e. The Labute approximate surface area is 98.5 Å². The molecule has 0 fully saturated rings. The van der Waals surface area contributed by atoms with Crippen LogP contribution in [0.15, 0.2) is 12.3 Å². The van der Waals surface area contributed by atoms with Crippen molar-refractivity contribution in [3.05, 3.63) is 23.6 Å². The number of hydrogen-bond donors (Lipinski definition) is 2. The van der Waals surface area contributed by atoms with Gasteiger partial charge in [0.25, 0.3) is 0 Å². The van der Waals surface area contributed by atoms with Gasteiger partial charge in [-0.3, -0.25) is 0 Å². The van der Waals surface area contributed by atoms with Gasteiger partial charge in [-0.2, -0.15) is 0 Å². The number of pyridine rings is 1. The second-order valence-electron chi connectivity index (χ2n) is 3.46. The number of anilines is 1. The average Bonchev–Trinajstić information content (AvgIpc) is 2.31. The molecule has 0 radical (unpaired) electrons. The van der Waals surface area contributed by atoms with E-state index in [9.17, 15) is 9.18 Å². The summed E-state index contributed by atoms with van der Waals surface area (Å²) in [5.74, 6) is -2.13. The number of aromatic nitrogens is 1. The van der Waals surface area contributed by atoms with E-state index >= 15 is 0 Å². The first-order valence-electron chi connectivity index (χ1n) is 5.35. The Morgan fingerprint density at radius 3 is 2.82 bits per heavy atom. The third-order valence-electron chi connectivity index (χ3n) is 2.37. The molecular weight excluding hydrogens is 227 g/mol. The van der Waals surface area contributed by atoms with Gasteiger partial charge in [0, 0.05) is 25.9 Å². The first kappa shape index (κ1) is 13.4. The van der Waals surface area contributed by atoms with Crippen molar-refractivity contribution in [2.75, 3.05) is 24.6 Å². The summed E-state index contributed by atoms with van der Waals surface area (Å²) < 4.78 is 13.8. The highest BCUT2D eigenvalue weighted by atomic mass is 19.1. The van der Waals surface area contributed by atoms with Gasteiger partial charge in [-0.1, -0.05) is 0 Å². The molecule has 94 valence electrons. The van der Waals surface area contributed by atoms with Crippen LogP contribution >= 0.6 is 0 Å². The maximum absolute atomic E-state index is 13.8. The highest BCUT2D eigenvalue weighted by Crippen LogP contribution is 2.19. The summed E-state index contributed by atoms with van der Waals surface area (Å²) in [6, 6.07) is 1.13. The van der Waals surface area contributed by atoms with Gasteiger partial charge < -0.3 is 15.1 Å². The van der Waals surface area contributed by atoms with Crippen LogP contribution in [0.5, 0.6) is 0 Å². The molecule has 1 heterocycles. The van der Waals surface area contributed by atoms with Crippen molar-refractivity contribution in [3.8, 4) is 0 Å². The van der Waals surface area contributed by atoms with E-state index in [0.717, 1.165) is 6.07 Å². The summed E-state index contributed by atoms with van der Waals surface area (Å²) in [6.07, 6.45) is 1.75. The van der Waals surface area contributed by atoms with Crippen LogP contribution in [0.2, 0.25) is 0 Å². The van der Waals surface area contributed by atoms with Gasteiger partial charge in [-0.25, -0.2) is 14.2 Å². The number of carbonyl (C=O) groups is 1. The van der Waals surface area contributed by atoms with E-state index in [1.807, 2.05) is 6.92 Å². The van der Waals surface area contributed by atoms with Crippen LogP contribution < -0.4 is 4.90 Å². The molecule has 5 nitrogen and oxygen atoms in total. The predicted molar refractivity (Wildman–Crippen MR) is 60.7 cm³/mol. The Morgan fingerprint density at radius 2 is 2.29 bits per heavy atom. The Morgan fingerprint density at radius 1 is 1.59 bits per heavy atom. The molecule has 0 saturated heterocycles. The zero-order valence-corrected chi connectivity index (χ0v) is 9.56. The van der Waals surface area contributed by atoms with Crippen molar-refractivity contribution >= 4 is 11.8 Å². The molecule has 2 N–H and O–H groups in total. The fourth-order valence-electron chi connectivity index (χ4n) is 1.49. The minimum Gasteiger partial charge on any atom is -0.478 e. The SMILES string of the molecule is CCN(CCCO)c1nccc(C(=O)O)c1F. The van der Waals surface area contributed by atoms with Gasteiger partial charge in [0.05, 0.1) is 0 Å². The van der Waals surface area contributed by atoms with E-state index in [2.05, 4.69) is 4.98 Å². The van der Waals surface area contributed by atoms with E-state index in [4.69, 9.17) is 10.2 Å².